The van der Waals surface area contributed by atoms with Crippen molar-refractivity contribution in [3.63, 3.8) is 0 Å². The van der Waals surface area contributed by atoms with Crippen LogP contribution < -0.4 is 0 Å². The Labute approximate surface area is 109 Å². The highest BCUT2D eigenvalue weighted by atomic mass is 16.1. The highest BCUT2D eigenvalue weighted by Gasteiger charge is 2.44. The number of Topliss-reactive ketones (excluding diaryl/α,β-unsaturated/α-hetero) is 1. The first kappa shape index (κ1) is 10.8. The average molecular weight is 240 g/mol. The molecule has 0 N–H and O–H groups in total. The van der Waals surface area contributed by atoms with Crippen LogP contribution in [0.3, 0.4) is 0 Å². The Morgan fingerprint density at radius 2 is 2.06 bits per heavy atom. The molecule has 0 bridgehead atoms. The van der Waals surface area contributed by atoms with E-state index >= 15 is 0 Å². The second-order valence-electron chi connectivity index (χ2n) is 6.43. The summed E-state index contributed by atoms with van der Waals surface area (Å²) < 4.78 is 0. The van der Waals surface area contributed by atoms with E-state index in [1.165, 1.54) is 24.8 Å². The van der Waals surface area contributed by atoms with Crippen molar-refractivity contribution in [3.05, 3.63) is 35.5 Å². The molecule has 0 aromatic carbocycles. The van der Waals surface area contributed by atoms with Crippen LogP contribution in [0.2, 0.25) is 0 Å². The normalized spacial score (nSPS) is 41.7. The van der Waals surface area contributed by atoms with E-state index in [1.54, 1.807) is 5.57 Å². The number of allylic oxidation sites excluding steroid dienone is 6. The van der Waals surface area contributed by atoms with Gasteiger partial charge in [-0.2, -0.15) is 0 Å². The van der Waals surface area contributed by atoms with Crippen molar-refractivity contribution in [2.75, 3.05) is 0 Å². The number of hydrogen-bond acceptors (Lipinski definition) is 1. The van der Waals surface area contributed by atoms with E-state index in [0.717, 1.165) is 37.0 Å². The predicted octanol–water partition coefficient (Wildman–Crippen LogP) is 3.82. The topological polar surface area (TPSA) is 17.1 Å². The van der Waals surface area contributed by atoms with Crippen molar-refractivity contribution in [3.8, 4) is 0 Å². The minimum atomic E-state index is 0.517. The summed E-state index contributed by atoms with van der Waals surface area (Å²) in [5.74, 6) is 3.66. The first-order valence-electron chi connectivity index (χ1n) is 7.43. The van der Waals surface area contributed by atoms with Gasteiger partial charge >= 0.3 is 0 Å². The van der Waals surface area contributed by atoms with Crippen LogP contribution in [0.25, 0.3) is 0 Å². The molecular formula is C17H20O. The Balaban J connectivity index is 1.64. The van der Waals surface area contributed by atoms with Gasteiger partial charge in [0.25, 0.3) is 0 Å². The molecule has 2 saturated carbocycles. The van der Waals surface area contributed by atoms with E-state index < -0.39 is 0 Å². The molecule has 0 aromatic heterocycles. The van der Waals surface area contributed by atoms with Crippen LogP contribution in [0.5, 0.6) is 0 Å². The quantitative estimate of drug-likeness (QED) is 0.629. The van der Waals surface area contributed by atoms with Gasteiger partial charge in [0.05, 0.1) is 0 Å². The Bertz CT molecular complexity index is 480. The SMILES string of the molecule is O=C1CCC2C(CCC3C4=CC=CC4=CCC32)C1. The van der Waals surface area contributed by atoms with Crippen LogP contribution in [0, 0.1) is 23.7 Å². The van der Waals surface area contributed by atoms with E-state index in [9.17, 15) is 4.79 Å². The van der Waals surface area contributed by atoms with Crippen LogP contribution in [0.15, 0.2) is 35.5 Å². The molecular weight excluding hydrogens is 220 g/mol. The first-order valence-corrected chi connectivity index (χ1v) is 7.43. The zero-order valence-electron chi connectivity index (χ0n) is 10.8. The smallest absolute Gasteiger partial charge is 0.133 e. The molecule has 0 aromatic rings. The van der Waals surface area contributed by atoms with Gasteiger partial charge in [-0.05, 0) is 60.5 Å². The van der Waals surface area contributed by atoms with E-state index in [2.05, 4.69) is 24.3 Å². The second kappa shape index (κ2) is 3.94. The maximum atomic E-state index is 11.6. The summed E-state index contributed by atoms with van der Waals surface area (Å²) in [5, 5.41) is 0. The molecule has 0 aliphatic heterocycles. The summed E-state index contributed by atoms with van der Waals surface area (Å²) in [6.07, 6.45) is 16.0. The molecule has 0 amide bonds. The number of hydrogen-bond donors (Lipinski definition) is 0. The molecule has 4 rings (SSSR count). The van der Waals surface area contributed by atoms with Crippen molar-refractivity contribution in [1.29, 1.82) is 0 Å². The van der Waals surface area contributed by atoms with Gasteiger partial charge in [0.15, 0.2) is 0 Å². The largest absolute Gasteiger partial charge is 0.300 e. The Hall–Kier alpha value is -1.11. The molecule has 0 radical (unpaired) electrons. The fraction of sp³-hybridized carbons (Fsp3) is 0.588. The first-order chi connectivity index (χ1) is 8.83. The van der Waals surface area contributed by atoms with Crippen molar-refractivity contribution in [2.45, 2.75) is 38.5 Å². The zero-order valence-corrected chi connectivity index (χ0v) is 10.8. The molecule has 4 unspecified atom stereocenters. The lowest BCUT2D eigenvalue weighted by Gasteiger charge is -2.47. The molecule has 4 aliphatic carbocycles. The average Bonchev–Trinajstić information content (AvgIpc) is 2.86. The Morgan fingerprint density at radius 1 is 1.11 bits per heavy atom. The maximum Gasteiger partial charge on any atom is 0.133 e. The van der Waals surface area contributed by atoms with Crippen molar-refractivity contribution in [1.82, 2.24) is 0 Å². The second-order valence-corrected chi connectivity index (χ2v) is 6.43. The third-order valence-corrected chi connectivity index (χ3v) is 5.66. The third kappa shape index (κ3) is 1.49. The minimum absolute atomic E-state index is 0.517. The molecule has 18 heavy (non-hydrogen) atoms. The summed E-state index contributed by atoms with van der Waals surface area (Å²) >= 11 is 0. The van der Waals surface area contributed by atoms with Crippen molar-refractivity contribution in [2.24, 2.45) is 23.7 Å². The summed E-state index contributed by atoms with van der Waals surface area (Å²) in [7, 11) is 0. The number of carbonyl (C=O) groups excluding carboxylic acids is 1. The van der Waals surface area contributed by atoms with Gasteiger partial charge in [-0.25, -0.2) is 0 Å². The van der Waals surface area contributed by atoms with Gasteiger partial charge in [-0.3, -0.25) is 4.79 Å². The van der Waals surface area contributed by atoms with Crippen molar-refractivity contribution >= 4 is 5.78 Å². The lowest BCUT2D eigenvalue weighted by atomic mass is 9.57. The van der Waals surface area contributed by atoms with E-state index in [4.69, 9.17) is 0 Å². The van der Waals surface area contributed by atoms with E-state index in [0.29, 0.717) is 11.7 Å². The zero-order chi connectivity index (χ0) is 12.1. The standard InChI is InChI=1S/C17H20O/c18-13-6-9-15-12(10-13)5-8-16-14-3-1-2-11(14)4-7-17(15)16/h1-4,12,15-17H,5-10H2. The molecule has 94 valence electrons. The third-order valence-electron chi connectivity index (χ3n) is 5.66. The fourth-order valence-corrected chi connectivity index (χ4v) is 4.85. The van der Waals surface area contributed by atoms with Crippen LogP contribution in [0.4, 0.5) is 0 Å². The summed E-state index contributed by atoms with van der Waals surface area (Å²) in [6, 6.07) is 0. The molecule has 1 nitrogen and oxygen atoms in total. The highest BCUT2D eigenvalue weighted by Crippen LogP contribution is 2.53. The Kier molecular flexibility index (Phi) is 2.36. The highest BCUT2D eigenvalue weighted by molar-refractivity contribution is 5.79. The van der Waals surface area contributed by atoms with Gasteiger partial charge in [0.2, 0.25) is 0 Å². The Morgan fingerprint density at radius 3 is 3.00 bits per heavy atom. The van der Waals surface area contributed by atoms with Gasteiger partial charge < -0.3 is 0 Å². The summed E-state index contributed by atoms with van der Waals surface area (Å²) in [5.41, 5.74) is 3.09. The van der Waals surface area contributed by atoms with Gasteiger partial charge in [0.1, 0.15) is 5.78 Å². The number of ketones is 1. The molecule has 0 spiro atoms. The molecule has 1 heteroatoms. The van der Waals surface area contributed by atoms with E-state index in [-0.39, 0.29) is 0 Å². The lowest BCUT2D eigenvalue weighted by Crippen LogP contribution is -2.40. The van der Waals surface area contributed by atoms with Gasteiger partial charge in [-0.15, -0.1) is 0 Å². The fourth-order valence-electron chi connectivity index (χ4n) is 4.85. The van der Waals surface area contributed by atoms with Crippen molar-refractivity contribution < 1.29 is 4.79 Å². The molecule has 2 fully saturated rings. The summed E-state index contributed by atoms with van der Waals surface area (Å²) in [6.45, 7) is 0. The monoisotopic (exact) mass is 240 g/mol. The predicted molar refractivity (Wildman–Crippen MR) is 72.0 cm³/mol. The number of rotatable bonds is 0. The summed E-state index contributed by atoms with van der Waals surface area (Å²) in [4.78, 5) is 11.6. The molecule has 0 heterocycles. The van der Waals surface area contributed by atoms with Gasteiger partial charge in [-0.1, -0.05) is 24.3 Å². The lowest BCUT2D eigenvalue weighted by molar-refractivity contribution is -0.124. The maximum absolute atomic E-state index is 11.6. The van der Waals surface area contributed by atoms with Crippen LogP contribution in [0.1, 0.15) is 38.5 Å². The molecule has 4 aliphatic rings. The van der Waals surface area contributed by atoms with Crippen LogP contribution in [-0.4, -0.2) is 5.78 Å². The minimum Gasteiger partial charge on any atom is -0.300 e. The van der Waals surface area contributed by atoms with Crippen LogP contribution >= 0.6 is 0 Å². The molecule has 4 atom stereocenters. The van der Waals surface area contributed by atoms with Gasteiger partial charge in [0, 0.05) is 12.8 Å². The number of fused-ring (bicyclic) bond motifs is 5. The van der Waals surface area contributed by atoms with E-state index in [1.807, 2.05) is 0 Å². The molecule has 0 saturated heterocycles. The number of carbonyl (C=O) groups is 1. The van der Waals surface area contributed by atoms with Crippen LogP contribution in [-0.2, 0) is 4.79 Å².